The smallest absolute Gasteiger partial charge is 0.308 e. The van der Waals surface area contributed by atoms with Crippen LogP contribution in [-0.4, -0.2) is 30.2 Å². The second-order valence-electron chi connectivity index (χ2n) is 3.81. The van der Waals surface area contributed by atoms with E-state index in [0.29, 0.717) is 10.0 Å². The maximum atomic E-state index is 12.8. The minimum absolute atomic E-state index is 0.234. The molecule has 20 heavy (non-hydrogen) atoms. The summed E-state index contributed by atoms with van der Waals surface area (Å²) in [5, 5.41) is 0. The summed E-state index contributed by atoms with van der Waals surface area (Å²) in [6, 6.07) is 7.05. The molecule has 1 atom stereocenters. The van der Waals surface area contributed by atoms with E-state index in [0.717, 1.165) is 0 Å². The lowest BCUT2D eigenvalue weighted by Crippen LogP contribution is -2.21. The lowest BCUT2D eigenvalue weighted by atomic mass is 10.1. The van der Waals surface area contributed by atoms with Crippen molar-refractivity contribution in [3.05, 3.63) is 34.3 Å². The molecular weight excluding hydrogens is 363 g/mol. The van der Waals surface area contributed by atoms with E-state index in [1.165, 1.54) is 11.8 Å². The molecule has 0 heterocycles. The Bertz CT molecular complexity index is 499. The molecule has 1 aromatic rings. The van der Waals surface area contributed by atoms with Crippen LogP contribution < -0.4 is 0 Å². The zero-order valence-electron chi connectivity index (χ0n) is 11.7. The predicted molar refractivity (Wildman–Crippen MR) is 86.6 cm³/mol. The van der Waals surface area contributed by atoms with E-state index in [9.17, 15) is 9.36 Å². The Morgan fingerprint density at radius 3 is 2.30 bits per heavy atom. The van der Waals surface area contributed by atoms with Gasteiger partial charge >= 0.3 is 7.60 Å². The standard InChI is InChI=1S/C13H18BrO4PS/c1-4-17-19(16,18-5-2)13(20-3)12(15)10-8-6-7-9-11(10)14/h6-9,13H,4-5H2,1-3H3. The molecule has 1 unspecified atom stereocenters. The number of hydrogen-bond acceptors (Lipinski definition) is 5. The van der Waals surface area contributed by atoms with Gasteiger partial charge in [-0.3, -0.25) is 9.36 Å². The minimum atomic E-state index is -3.48. The average molecular weight is 381 g/mol. The lowest BCUT2D eigenvalue weighted by molar-refractivity contribution is 0.0994. The summed E-state index contributed by atoms with van der Waals surface area (Å²) >= 11 is 4.52. The summed E-state index contributed by atoms with van der Waals surface area (Å²) in [6.45, 7) is 3.92. The largest absolute Gasteiger partial charge is 0.351 e. The third-order valence-corrected chi connectivity index (χ3v) is 7.30. The first-order valence-electron chi connectivity index (χ1n) is 6.20. The SMILES string of the molecule is CCOP(=O)(OCC)C(SC)C(=O)c1ccccc1Br. The van der Waals surface area contributed by atoms with Gasteiger partial charge in [-0.1, -0.05) is 34.1 Å². The van der Waals surface area contributed by atoms with Gasteiger partial charge in [0.2, 0.25) is 0 Å². The maximum absolute atomic E-state index is 12.8. The third kappa shape index (κ3) is 4.18. The summed E-state index contributed by atoms with van der Waals surface area (Å²) < 4.78 is 24.0. The van der Waals surface area contributed by atoms with Crippen molar-refractivity contribution in [2.75, 3.05) is 19.5 Å². The van der Waals surface area contributed by atoms with Crippen LogP contribution in [0.4, 0.5) is 0 Å². The van der Waals surface area contributed by atoms with Crippen molar-refractivity contribution in [1.29, 1.82) is 0 Å². The van der Waals surface area contributed by atoms with E-state index in [-0.39, 0.29) is 19.0 Å². The molecule has 1 rings (SSSR count). The van der Waals surface area contributed by atoms with Crippen LogP contribution in [0.2, 0.25) is 0 Å². The Morgan fingerprint density at radius 1 is 1.30 bits per heavy atom. The quantitative estimate of drug-likeness (QED) is 0.487. The van der Waals surface area contributed by atoms with Crippen LogP contribution in [0.5, 0.6) is 0 Å². The van der Waals surface area contributed by atoms with Crippen LogP contribution in [0.3, 0.4) is 0 Å². The first-order chi connectivity index (χ1) is 9.50. The van der Waals surface area contributed by atoms with Gasteiger partial charge in [-0.05, 0) is 26.2 Å². The molecule has 0 amide bonds. The van der Waals surface area contributed by atoms with E-state index >= 15 is 0 Å². The van der Waals surface area contributed by atoms with Gasteiger partial charge in [-0.25, -0.2) is 0 Å². The van der Waals surface area contributed by atoms with Crippen LogP contribution in [0.1, 0.15) is 24.2 Å². The Balaban J connectivity index is 3.14. The van der Waals surface area contributed by atoms with E-state index in [1.807, 2.05) is 6.07 Å². The molecule has 4 nitrogen and oxygen atoms in total. The van der Waals surface area contributed by atoms with Gasteiger partial charge < -0.3 is 9.05 Å². The second kappa shape index (κ2) is 8.35. The number of rotatable bonds is 8. The highest BCUT2D eigenvalue weighted by Gasteiger charge is 2.41. The van der Waals surface area contributed by atoms with Gasteiger partial charge in [0.25, 0.3) is 0 Å². The van der Waals surface area contributed by atoms with Crippen LogP contribution in [-0.2, 0) is 13.6 Å². The summed E-state index contributed by atoms with van der Waals surface area (Å²) in [7, 11) is -3.48. The van der Waals surface area contributed by atoms with Gasteiger partial charge in [0.15, 0.2) is 10.8 Å². The monoisotopic (exact) mass is 380 g/mol. The number of carbonyl (C=O) groups excluding carboxylic acids is 1. The topological polar surface area (TPSA) is 52.6 Å². The normalized spacial score (nSPS) is 13.2. The fraction of sp³-hybridized carbons (Fsp3) is 0.462. The molecule has 0 radical (unpaired) electrons. The average Bonchev–Trinajstić information content (AvgIpc) is 2.40. The number of hydrogen-bond donors (Lipinski definition) is 0. The molecule has 0 fully saturated rings. The van der Waals surface area contributed by atoms with Crippen molar-refractivity contribution in [3.63, 3.8) is 0 Å². The molecule has 0 saturated carbocycles. The van der Waals surface area contributed by atoms with Crippen LogP contribution in [0, 0.1) is 0 Å². The summed E-state index contributed by atoms with van der Waals surface area (Å²) in [5.41, 5.74) is 0.478. The number of halogens is 1. The molecule has 0 aliphatic carbocycles. The molecule has 1 aromatic carbocycles. The molecule has 0 spiro atoms. The van der Waals surface area contributed by atoms with E-state index in [1.54, 1.807) is 38.3 Å². The van der Waals surface area contributed by atoms with Crippen molar-refractivity contribution >= 4 is 41.1 Å². The zero-order valence-corrected chi connectivity index (χ0v) is 15.0. The number of thioether (sulfide) groups is 1. The molecule has 7 heteroatoms. The minimum Gasteiger partial charge on any atom is -0.308 e. The maximum Gasteiger partial charge on any atom is 0.351 e. The molecular formula is C13H18BrO4PS. The molecule has 0 aromatic heterocycles. The number of ketones is 1. The number of benzene rings is 1. The van der Waals surface area contributed by atoms with Crippen LogP contribution in [0.15, 0.2) is 28.7 Å². The molecule has 0 N–H and O–H groups in total. The number of Topliss-reactive ketones (excluding diaryl/α,β-unsaturated/α-hetero) is 1. The van der Waals surface area contributed by atoms with Crippen molar-refractivity contribution in [2.45, 2.75) is 18.8 Å². The van der Waals surface area contributed by atoms with Gasteiger partial charge in [0.1, 0.15) is 0 Å². The lowest BCUT2D eigenvalue weighted by Gasteiger charge is -2.24. The highest BCUT2D eigenvalue weighted by Crippen LogP contribution is 2.57. The zero-order chi connectivity index (χ0) is 15.2. The Kier molecular flexibility index (Phi) is 7.48. The number of carbonyl (C=O) groups is 1. The van der Waals surface area contributed by atoms with E-state index < -0.39 is 12.6 Å². The Morgan fingerprint density at radius 2 is 1.85 bits per heavy atom. The van der Waals surface area contributed by atoms with Crippen LogP contribution >= 0.6 is 35.3 Å². The van der Waals surface area contributed by atoms with Gasteiger partial charge in [0.05, 0.1) is 13.2 Å². The second-order valence-corrected chi connectivity index (χ2v) is 8.07. The first kappa shape index (κ1) is 17.9. The predicted octanol–water partition coefficient (Wildman–Crippen LogP) is 4.59. The highest BCUT2D eigenvalue weighted by molar-refractivity contribution is 9.10. The molecule has 0 bridgehead atoms. The molecule has 112 valence electrons. The fourth-order valence-electron chi connectivity index (χ4n) is 1.71. The van der Waals surface area contributed by atoms with Gasteiger partial charge in [0, 0.05) is 10.0 Å². The Hall–Kier alpha value is -0.130. The van der Waals surface area contributed by atoms with Gasteiger partial charge in [-0.2, -0.15) is 0 Å². The highest BCUT2D eigenvalue weighted by atomic mass is 79.9. The van der Waals surface area contributed by atoms with Gasteiger partial charge in [-0.15, -0.1) is 11.8 Å². The van der Waals surface area contributed by atoms with E-state index in [2.05, 4.69) is 15.9 Å². The fourth-order valence-corrected chi connectivity index (χ4v) is 5.42. The summed E-state index contributed by atoms with van der Waals surface area (Å²) in [6.07, 6.45) is 1.73. The third-order valence-electron chi connectivity index (χ3n) is 2.49. The van der Waals surface area contributed by atoms with Crippen molar-refractivity contribution < 1.29 is 18.4 Å². The van der Waals surface area contributed by atoms with Crippen LogP contribution in [0.25, 0.3) is 0 Å². The first-order valence-corrected chi connectivity index (χ1v) is 9.89. The van der Waals surface area contributed by atoms with Crippen molar-refractivity contribution in [1.82, 2.24) is 0 Å². The van der Waals surface area contributed by atoms with E-state index in [4.69, 9.17) is 9.05 Å². The molecule has 0 aliphatic heterocycles. The summed E-state index contributed by atoms with van der Waals surface area (Å²) in [5.74, 6) is -0.254. The van der Waals surface area contributed by atoms with Crippen molar-refractivity contribution in [3.8, 4) is 0 Å². The molecule has 0 saturated heterocycles. The van der Waals surface area contributed by atoms with Crippen molar-refractivity contribution in [2.24, 2.45) is 0 Å². The molecule has 0 aliphatic rings. The summed E-state index contributed by atoms with van der Waals surface area (Å²) in [4.78, 5) is 11.7. The Labute approximate surface area is 132 Å².